The standard InChI is InChI=1S/C13H13ClN6/c1-20(8-10-4-2-3-9(5-10)6-15)12-11(14)7-17-13(18-12)19-16/h2-5,7H,8,16H2,1H3,(H,17,18,19). The Morgan fingerprint density at radius 2 is 2.30 bits per heavy atom. The number of hydrogen-bond acceptors (Lipinski definition) is 6. The van der Waals surface area contributed by atoms with Crippen molar-refractivity contribution in [3.63, 3.8) is 0 Å². The Morgan fingerprint density at radius 3 is 3.00 bits per heavy atom. The summed E-state index contributed by atoms with van der Waals surface area (Å²) in [6, 6.07) is 9.48. The van der Waals surface area contributed by atoms with Gasteiger partial charge in [0.05, 0.1) is 17.8 Å². The number of rotatable bonds is 4. The molecule has 7 heteroatoms. The Labute approximate surface area is 121 Å². The Morgan fingerprint density at radius 1 is 1.50 bits per heavy atom. The van der Waals surface area contributed by atoms with Crippen LogP contribution in [0.1, 0.15) is 11.1 Å². The molecule has 0 saturated heterocycles. The van der Waals surface area contributed by atoms with Crippen LogP contribution in [0.2, 0.25) is 5.02 Å². The first-order chi connectivity index (χ1) is 9.63. The molecule has 6 nitrogen and oxygen atoms in total. The van der Waals surface area contributed by atoms with Gasteiger partial charge in [0.25, 0.3) is 0 Å². The normalized spacial score (nSPS) is 9.90. The molecule has 0 fully saturated rings. The average Bonchev–Trinajstić information content (AvgIpc) is 2.47. The van der Waals surface area contributed by atoms with Gasteiger partial charge in [0.2, 0.25) is 5.95 Å². The van der Waals surface area contributed by atoms with Gasteiger partial charge in [-0.05, 0) is 17.7 Å². The fourth-order valence-corrected chi connectivity index (χ4v) is 2.02. The van der Waals surface area contributed by atoms with Gasteiger partial charge in [0.1, 0.15) is 5.02 Å². The first kappa shape index (κ1) is 14.1. The van der Waals surface area contributed by atoms with Crippen LogP contribution >= 0.6 is 11.6 Å². The number of nitrogen functional groups attached to an aromatic ring is 1. The van der Waals surface area contributed by atoms with E-state index in [1.54, 1.807) is 6.07 Å². The minimum Gasteiger partial charge on any atom is -0.354 e. The van der Waals surface area contributed by atoms with Crippen LogP contribution in [-0.4, -0.2) is 17.0 Å². The molecule has 0 radical (unpaired) electrons. The van der Waals surface area contributed by atoms with E-state index in [2.05, 4.69) is 21.5 Å². The second kappa shape index (κ2) is 6.19. The fraction of sp³-hybridized carbons (Fsp3) is 0.154. The van der Waals surface area contributed by atoms with Crippen LogP contribution < -0.4 is 16.2 Å². The van der Waals surface area contributed by atoms with Gasteiger partial charge in [-0.25, -0.2) is 10.8 Å². The number of nitrogens with two attached hydrogens (primary N) is 1. The van der Waals surface area contributed by atoms with E-state index in [0.29, 0.717) is 28.9 Å². The highest BCUT2D eigenvalue weighted by Crippen LogP contribution is 2.24. The molecule has 1 aromatic heterocycles. The van der Waals surface area contributed by atoms with E-state index in [0.717, 1.165) is 5.56 Å². The molecular formula is C13H13ClN6. The SMILES string of the molecule is CN(Cc1cccc(C#N)c1)c1nc(NN)ncc1Cl. The lowest BCUT2D eigenvalue weighted by Gasteiger charge is -2.19. The summed E-state index contributed by atoms with van der Waals surface area (Å²) in [4.78, 5) is 10.00. The molecule has 102 valence electrons. The third kappa shape index (κ3) is 3.15. The first-order valence-corrected chi connectivity index (χ1v) is 6.21. The minimum absolute atomic E-state index is 0.294. The van der Waals surface area contributed by atoms with Gasteiger partial charge < -0.3 is 4.90 Å². The van der Waals surface area contributed by atoms with Crippen molar-refractivity contribution in [2.45, 2.75) is 6.54 Å². The van der Waals surface area contributed by atoms with E-state index < -0.39 is 0 Å². The van der Waals surface area contributed by atoms with Gasteiger partial charge in [-0.2, -0.15) is 10.2 Å². The Hall–Kier alpha value is -2.36. The highest BCUT2D eigenvalue weighted by Gasteiger charge is 2.10. The number of hydrazine groups is 1. The largest absolute Gasteiger partial charge is 0.354 e. The fourth-order valence-electron chi connectivity index (χ4n) is 1.78. The lowest BCUT2D eigenvalue weighted by molar-refractivity contribution is 0.890. The minimum atomic E-state index is 0.294. The number of hydrogen-bond donors (Lipinski definition) is 2. The monoisotopic (exact) mass is 288 g/mol. The Kier molecular flexibility index (Phi) is 4.35. The number of benzene rings is 1. The number of nitrogens with one attached hydrogen (secondary N) is 1. The molecule has 0 aliphatic carbocycles. The molecule has 0 bridgehead atoms. The lowest BCUT2D eigenvalue weighted by Crippen LogP contribution is -2.20. The second-order valence-corrected chi connectivity index (χ2v) is 4.58. The van der Waals surface area contributed by atoms with Crippen LogP contribution in [0, 0.1) is 11.3 Å². The molecule has 0 unspecified atom stereocenters. The molecule has 2 aromatic rings. The molecule has 3 N–H and O–H groups in total. The first-order valence-electron chi connectivity index (χ1n) is 5.83. The number of anilines is 2. The van der Waals surface area contributed by atoms with Crippen LogP contribution in [0.25, 0.3) is 0 Å². The van der Waals surface area contributed by atoms with Crippen molar-refractivity contribution in [1.82, 2.24) is 9.97 Å². The molecule has 0 amide bonds. The van der Waals surface area contributed by atoms with Crippen LogP contribution in [0.5, 0.6) is 0 Å². The number of aromatic nitrogens is 2. The number of halogens is 1. The summed E-state index contributed by atoms with van der Waals surface area (Å²) < 4.78 is 0. The highest BCUT2D eigenvalue weighted by atomic mass is 35.5. The molecule has 2 rings (SSSR count). The van der Waals surface area contributed by atoms with Gasteiger partial charge in [-0.3, -0.25) is 5.43 Å². The molecule has 1 aromatic carbocycles. The van der Waals surface area contributed by atoms with Crippen LogP contribution in [-0.2, 0) is 6.54 Å². The third-order valence-corrected chi connectivity index (χ3v) is 2.96. The summed E-state index contributed by atoms with van der Waals surface area (Å²) in [5, 5.41) is 9.33. The molecule has 0 atom stereocenters. The van der Waals surface area contributed by atoms with Crippen molar-refractivity contribution in [2.75, 3.05) is 17.4 Å². The maximum absolute atomic E-state index is 8.90. The lowest BCUT2D eigenvalue weighted by atomic mass is 10.1. The molecule has 0 aliphatic heterocycles. The molecule has 0 aliphatic rings. The quantitative estimate of drug-likeness (QED) is 0.660. The zero-order valence-electron chi connectivity index (χ0n) is 10.8. The molecule has 0 saturated carbocycles. The van der Waals surface area contributed by atoms with Crippen molar-refractivity contribution < 1.29 is 0 Å². The van der Waals surface area contributed by atoms with Gasteiger partial charge in [0.15, 0.2) is 5.82 Å². The van der Waals surface area contributed by atoms with E-state index in [4.69, 9.17) is 22.7 Å². The topological polar surface area (TPSA) is 90.9 Å². The van der Waals surface area contributed by atoms with E-state index in [1.807, 2.05) is 30.1 Å². The van der Waals surface area contributed by atoms with Crippen molar-refractivity contribution >= 4 is 23.4 Å². The van der Waals surface area contributed by atoms with Crippen molar-refractivity contribution in [3.8, 4) is 6.07 Å². The van der Waals surface area contributed by atoms with Crippen LogP contribution in [0.4, 0.5) is 11.8 Å². The Bertz CT molecular complexity index is 652. The molecule has 1 heterocycles. The third-order valence-electron chi connectivity index (χ3n) is 2.69. The average molecular weight is 289 g/mol. The summed E-state index contributed by atoms with van der Waals surface area (Å²) in [5.41, 5.74) is 3.99. The zero-order chi connectivity index (χ0) is 14.5. The van der Waals surface area contributed by atoms with Crippen molar-refractivity contribution in [2.24, 2.45) is 5.84 Å². The van der Waals surface area contributed by atoms with Crippen LogP contribution in [0.3, 0.4) is 0 Å². The van der Waals surface area contributed by atoms with Crippen molar-refractivity contribution in [3.05, 3.63) is 46.6 Å². The van der Waals surface area contributed by atoms with E-state index in [9.17, 15) is 0 Å². The molecular weight excluding hydrogens is 276 g/mol. The van der Waals surface area contributed by atoms with E-state index in [-0.39, 0.29) is 0 Å². The number of nitrogens with zero attached hydrogens (tertiary/aromatic N) is 4. The summed E-state index contributed by atoms with van der Waals surface area (Å²) in [6.45, 7) is 0.566. The summed E-state index contributed by atoms with van der Waals surface area (Å²) in [5.74, 6) is 6.15. The van der Waals surface area contributed by atoms with Gasteiger partial charge in [-0.1, -0.05) is 23.7 Å². The van der Waals surface area contributed by atoms with Crippen LogP contribution in [0.15, 0.2) is 30.5 Å². The molecule has 0 spiro atoms. The van der Waals surface area contributed by atoms with E-state index >= 15 is 0 Å². The predicted molar refractivity (Wildman–Crippen MR) is 78.1 cm³/mol. The summed E-state index contributed by atoms with van der Waals surface area (Å²) >= 11 is 6.09. The molecule has 20 heavy (non-hydrogen) atoms. The van der Waals surface area contributed by atoms with Gasteiger partial charge >= 0.3 is 0 Å². The van der Waals surface area contributed by atoms with Crippen molar-refractivity contribution in [1.29, 1.82) is 5.26 Å². The zero-order valence-corrected chi connectivity index (χ0v) is 11.6. The Balaban J connectivity index is 2.23. The highest BCUT2D eigenvalue weighted by molar-refractivity contribution is 6.32. The summed E-state index contributed by atoms with van der Waals surface area (Å²) in [6.07, 6.45) is 1.49. The van der Waals surface area contributed by atoms with Gasteiger partial charge in [0, 0.05) is 13.6 Å². The number of nitriles is 1. The maximum Gasteiger partial charge on any atom is 0.239 e. The summed E-state index contributed by atoms with van der Waals surface area (Å²) in [7, 11) is 1.85. The smallest absolute Gasteiger partial charge is 0.239 e. The van der Waals surface area contributed by atoms with E-state index in [1.165, 1.54) is 6.20 Å². The predicted octanol–water partition coefficient (Wildman–Crippen LogP) is 1.92. The maximum atomic E-state index is 8.90. The second-order valence-electron chi connectivity index (χ2n) is 4.18. The van der Waals surface area contributed by atoms with Gasteiger partial charge in [-0.15, -0.1) is 0 Å².